The van der Waals surface area contributed by atoms with E-state index in [0.29, 0.717) is 11.2 Å². The number of aromatic nitrogens is 4. The Morgan fingerprint density at radius 1 is 1.44 bits per heavy atom. The number of fused-ring (bicyclic) bond motifs is 1. The molecule has 0 fully saturated rings. The first-order chi connectivity index (χ1) is 11.8. The summed E-state index contributed by atoms with van der Waals surface area (Å²) in [6.07, 6.45) is 2.81. The smallest absolute Gasteiger partial charge is 0.247 e. The van der Waals surface area contributed by atoms with Crippen molar-refractivity contribution < 1.29 is 9.53 Å². The van der Waals surface area contributed by atoms with Crippen LogP contribution >= 0.6 is 0 Å². The van der Waals surface area contributed by atoms with E-state index in [9.17, 15) is 4.79 Å². The van der Waals surface area contributed by atoms with E-state index in [4.69, 9.17) is 10.00 Å². The fourth-order valence-electron chi connectivity index (χ4n) is 2.09. The zero-order chi connectivity index (χ0) is 18.6. The zero-order valence-electron chi connectivity index (χ0n) is 15.3. The molecule has 0 unspecified atom stereocenters. The molecule has 2 heterocycles. The maximum Gasteiger partial charge on any atom is 0.247 e. The van der Waals surface area contributed by atoms with E-state index in [-0.39, 0.29) is 42.2 Å². The maximum atomic E-state index is 12.0. The third-order valence-electron chi connectivity index (χ3n) is 4.09. The van der Waals surface area contributed by atoms with Gasteiger partial charge in [0.05, 0.1) is 18.8 Å². The van der Waals surface area contributed by atoms with Gasteiger partial charge < -0.3 is 9.30 Å². The van der Waals surface area contributed by atoms with Crippen molar-refractivity contribution in [1.29, 1.82) is 5.26 Å². The van der Waals surface area contributed by atoms with Gasteiger partial charge in [0.25, 0.3) is 0 Å². The molecular weight excluding hydrogens is 320 g/mol. The topological polar surface area (TPSA) is 106 Å². The quantitative estimate of drug-likeness (QED) is 0.774. The largest absolute Gasteiger partial charge is 0.475 e. The number of hydrogen-bond donors (Lipinski definition) is 1. The summed E-state index contributed by atoms with van der Waals surface area (Å²) in [5.74, 6) is 0.0687. The molecule has 25 heavy (non-hydrogen) atoms. The van der Waals surface area contributed by atoms with Crippen molar-refractivity contribution in [2.75, 3.05) is 11.9 Å². The zero-order valence-corrected chi connectivity index (χ0v) is 15.3. The number of nitrogens with one attached hydrogen (secondary N) is 1. The Kier molecular flexibility index (Phi) is 5.57. The number of nitriles is 1. The van der Waals surface area contributed by atoms with Crippen LogP contribution in [0.3, 0.4) is 0 Å². The summed E-state index contributed by atoms with van der Waals surface area (Å²) in [6.45, 7) is 10.0. The lowest BCUT2D eigenvalue weighted by Crippen LogP contribution is -2.25. The summed E-state index contributed by atoms with van der Waals surface area (Å²) < 4.78 is 7.55. The molecule has 0 aliphatic carbocycles. The summed E-state index contributed by atoms with van der Waals surface area (Å²) >= 11 is 0. The van der Waals surface area contributed by atoms with Gasteiger partial charge in [0, 0.05) is 11.5 Å². The molecule has 0 bridgehead atoms. The minimum atomic E-state index is -0.202. The highest BCUT2D eigenvalue weighted by atomic mass is 16.5. The Bertz CT molecular complexity index is 803. The van der Waals surface area contributed by atoms with Crippen LogP contribution in [0.4, 0.5) is 5.95 Å². The summed E-state index contributed by atoms with van der Waals surface area (Å²) in [5.41, 5.74) is 0.904. The normalized spacial score (nSPS) is 11.6. The van der Waals surface area contributed by atoms with Crippen molar-refractivity contribution in [3.63, 3.8) is 0 Å². The fraction of sp³-hybridized carbons (Fsp3) is 0.588. The number of ether oxygens (including phenoxy) is 1. The number of rotatable bonds is 7. The third kappa shape index (κ3) is 4.05. The molecule has 1 N–H and O–H groups in total. The van der Waals surface area contributed by atoms with Gasteiger partial charge in [0.1, 0.15) is 6.61 Å². The molecule has 0 aromatic carbocycles. The molecule has 2 rings (SSSR count). The van der Waals surface area contributed by atoms with Gasteiger partial charge in [-0.15, -0.1) is 0 Å². The van der Waals surface area contributed by atoms with E-state index in [1.54, 1.807) is 20.2 Å². The fourth-order valence-corrected chi connectivity index (χ4v) is 2.09. The molecule has 0 spiro atoms. The van der Waals surface area contributed by atoms with Crippen LogP contribution in [0.5, 0.6) is 5.88 Å². The van der Waals surface area contributed by atoms with E-state index < -0.39 is 0 Å². The first-order valence-corrected chi connectivity index (χ1v) is 8.36. The molecule has 134 valence electrons. The van der Waals surface area contributed by atoms with Crippen LogP contribution in [-0.2, 0) is 10.3 Å². The lowest BCUT2D eigenvalue weighted by molar-refractivity contribution is -0.118. The SMILES string of the molecule is CCC(C)(C)n1cnc2c(OCCC#N)nc(NC(=O)C(C)C)nc21. The maximum absolute atomic E-state index is 12.0. The predicted octanol–water partition coefficient (Wildman–Crippen LogP) is 2.86. The van der Waals surface area contributed by atoms with Crippen LogP contribution in [0.2, 0.25) is 0 Å². The molecular formula is C17H24N6O2. The lowest BCUT2D eigenvalue weighted by Gasteiger charge is -2.25. The summed E-state index contributed by atoms with van der Waals surface area (Å²) in [4.78, 5) is 25.1. The molecule has 2 aromatic rings. The first-order valence-electron chi connectivity index (χ1n) is 8.36. The van der Waals surface area contributed by atoms with Gasteiger partial charge in [0.15, 0.2) is 11.2 Å². The molecule has 8 heteroatoms. The Morgan fingerprint density at radius 3 is 2.76 bits per heavy atom. The van der Waals surface area contributed by atoms with Crippen LogP contribution in [-0.4, -0.2) is 32.0 Å². The second kappa shape index (κ2) is 7.47. The first kappa shape index (κ1) is 18.6. The molecule has 2 aromatic heterocycles. The summed E-state index contributed by atoms with van der Waals surface area (Å²) in [5, 5.41) is 11.4. The van der Waals surface area contributed by atoms with Gasteiger partial charge >= 0.3 is 0 Å². The van der Waals surface area contributed by atoms with Crippen LogP contribution in [0.15, 0.2) is 6.33 Å². The van der Waals surface area contributed by atoms with Gasteiger partial charge in [-0.2, -0.15) is 15.2 Å². The number of anilines is 1. The standard InChI is InChI=1S/C17H24N6O2/c1-6-17(4,5)23-10-19-12-13(23)20-16(21-14(24)11(2)3)22-15(12)25-9-7-8-18/h10-11H,6-7,9H2,1-5H3,(H,20,21,22,24). The second-order valence-corrected chi connectivity index (χ2v) is 6.71. The molecule has 0 radical (unpaired) electrons. The van der Waals surface area contributed by atoms with Crippen LogP contribution in [0, 0.1) is 17.2 Å². The van der Waals surface area contributed by atoms with Gasteiger partial charge in [-0.3, -0.25) is 10.1 Å². The average Bonchev–Trinajstić information content (AvgIpc) is 2.99. The lowest BCUT2D eigenvalue weighted by atomic mass is 10.0. The van der Waals surface area contributed by atoms with E-state index in [0.717, 1.165) is 6.42 Å². The van der Waals surface area contributed by atoms with E-state index in [1.165, 1.54) is 0 Å². The van der Waals surface area contributed by atoms with Gasteiger partial charge in [-0.05, 0) is 20.3 Å². The Balaban J connectivity index is 2.53. The monoisotopic (exact) mass is 344 g/mol. The number of carbonyl (C=O) groups is 1. The van der Waals surface area contributed by atoms with E-state index >= 15 is 0 Å². The van der Waals surface area contributed by atoms with Crippen LogP contribution < -0.4 is 10.1 Å². The highest BCUT2D eigenvalue weighted by Crippen LogP contribution is 2.29. The Hall–Kier alpha value is -2.69. The third-order valence-corrected chi connectivity index (χ3v) is 4.09. The van der Waals surface area contributed by atoms with Crippen molar-refractivity contribution >= 4 is 23.0 Å². The van der Waals surface area contributed by atoms with Gasteiger partial charge in [0.2, 0.25) is 17.7 Å². The molecule has 0 saturated carbocycles. The number of imidazole rings is 1. The van der Waals surface area contributed by atoms with Crippen molar-refractivity contribution in [2.24, 2.45) is 5.92 Å². The molecule has 0 aliphatic rings. The Morgan fingerprint density at radius 2 is 2.16 bits per heavy atom. The molecule has 1 amide bonds. The van der Waals surface area contributed by atoms with Crippen LogP contribution in [0.1, 0.15) is 47.5 Å². The number of carbonyl (C=O) groups excluding carboxylic acids is 1. The van der Waals surface area contributed by atoms with Gasteiger partial charge in [-0.25, -0.2) is 4.98 Å². The van der Waals surface area contributed by atoms with Crippen LogP contribution in [0.25, 0.3) is 11.2 Å². The average molecular weight is 344 g/mol. The predicted molar refractivity (Wildman–Crippen MR) is 94.1 cm³/mol. The van der Waals surface area contributed by atoms with E-state index in [1.807, 2.05) is 10.6 Å². The summed E-state index contributed by atoms with van der Waals surface area (Å²) in [7, 11) is 0. The molecule has 0 saturated heterocycles. The molecule has 0 atom stereocenters. The molecule has 0 aliphatic heterocycles. The van der Waals surface area contributed by atoms with E-state index in [2.05, 4.69) is 41.0 Å². The summed E-state index contributed by atoms with van der Waals surface area (Å²) in [6, 6.07) is 2.02. The number of amides is 1. The van der Waals surface area contributed by atoms with Crippen molar-refractivity contribution in [3.05, 3.63) is 6.33 Å². The second-order valence-electron chi connectivity index (χ2n) is 6.71. The highest BCUT2D eigenvalue weighted by molar-refractivity contribution is 5.91. The minimum Gasteiger partial charge on any atom is -0.475 e. The van der Waals surface area contributed by atoms with Crippen molar-refractivity contribution in [3.8, 4) is 11.9 Å². The van der Waals surface area contributed by atoms with Crippen molar-refractivity contribution in [1.82, 2.24) is 19.5 Å². The Labute approximate surface area is 147 Å². The molecule has 8 nitrogen and oxygen atoms in total. The highest BCUT2D eigenvalue weighted by Gasteiger charge is 2.24. The number of hydrogen-bond acceptors (Lipinski definition) is 6. The minimum absolute atomic E-state index is 0.173. The van der Waals surface area contributed by atoms with Gasteiger partial charge in [-0.1, -0.05) is 20.8 Å². The van der Waals surface area contributed by atoms with Crippen molar-refractivity contribution in [2.45, 2.75) is 53.0 Å². The number of nitrogens with zero attached hydrogens (tertiary/aromatic N) is 5.